The second-order valence-corrected chi connectivity index (χ2v) is 12.4. The SMILES string of the molecule is CC(C)OC(=O)[C@H](C)NP(=O)(N[C@@H](C)C(=O)OC(C)C)OC1[C@@]2(C#N)O[C@@H](c3ccc4c(N)ncnn34)[C@H](O)[C@@]12O. The zero-order valence-corrected chi connectivity index (χ0v) is 24.2. The third-order valence-corrected chi connectivity index (χ3v) is 8.65. The van der Waals surface area contributed by atoms with Gasteiger partial charge in [0, 0.05) is 0 Å². The van der Waals surface area contributed by atoms with Gasteiger partial charge in [0.25, 0.3) is 0 Å². The first kappa shape index (κ1) is 30.8. The second-order valence-electron chi connectivity index (χ2n) is 10.6. The maximum absolute atomic E-state index is 14.1. The Kier molecular flexibility index (Phi) is 8.20. The predicted molar refractivity (Wildman–Crippen MR) is 141 cm³/mol. The number of anilines is 1. The Bertz CT molecular complexity index is 1390. The van der Waals surface area contributed by atoms with E-state index in [4.69, 9.17) is 24.5 Å². The normalized spacial score (nSPS) is 28.8. The molecule has 0 spiro atoms. The zero-order valence-electron chi connectivity index (χ0n) is 23.3. The van der Waals surface area contributed by atoms with Crippen LogP contribution in [0.4, 0.5) is 5.82 Å². The highest BCUT2D eigenvalue weighted by Gasteiger charge is 2.90. The van der Waals surface area contributed by atoms with Crippen molar-refractivity contribution >= 4 is 30.9 Å². The number of nitrogens with two attached hydrogens (primary N) is 1. The minimum atomic E-state index is -4.47. The lowest BCUT2D eigenvalue weighted by Gasteiger charge is -2.29. The number of nitrogens with one attached hydrogen (secondary N) is 2. The van der Waals surface area contributed by atoms with Crippen molar-refractivity contribution in [3.8, 4) is 6.07 Å². The summed E-state index contributed by atoms with van der Waals surface area (Å²) in [5.41, 5.74) is 2.04. The predicted octanol–water partition coefficient (Wildman–Crippen LogP) is 0.103. The lowest BCUT2D eigenvalue weighted by molar-refractivity contribution is -0.149. The molecule has 0 aromatic carbocycles. The van der Waals surface area contributed by atoms with Crippen LogP contribution in [0.3, 0.4) is 0 Å². The van der Waals surface area contributed by atoms with Gasteiger partial charge in [0.15, 0.2) is 11.4 Å². The molecular formula is C24H34N7O9P. The van der Waals surface area contributed by atoms with Gasteiger partial charge < -0.3 is 30.2 Å². The number of hydrogen-bond acceptors (Lipinski definition) is 13. The molecule has 6 N–H and O–H groups in total. The Labute approximate surface area is 235 Å². The summed E-state index contributed by atoms with van der Waals surface area (Å²) in [4.78, 5) is 28.8. The molecule has 1 aliphatic carbocycles. The molecule has 0 radical (unpaired) electrons. The molecule has 2 fully saturated rings. The minimum Gasteiger partial charge on any atom is -0.462 e. The van der Waals surface area contributed by atoms with Crippen molar-refractivity contribution in [2.24, 2.45) is 0 Å². The quantitative estimate of drug-likeness (QED) is 0.171. The lowest BCUT2D eigenvalue weighted by atomic mass is 10.0. The number of carbonyl (C=O) groups is 2. The summed E-state index contributed by atoms with van der Waals surface area (Å²) in [6.07, 6.45) is -4.42. The van der Waals surface area contributed by atoms with Gasteiger partial charge in [-0.2, -0.15) is 10.4 Å². The van der Waals surface area contributed by atoms with Gasteiger partial charge in [-0.05, 0) is 53.7 Å². The largest absolute Gasteiger partial charge is 0.462 e. The van der Waals surface area contributed by atoms with Crippen molar-refractivity contribution < 1.29 is 43.1 Å². The summed E-state index contributed by atoms with van der Waals surface area (Å²) in [6.45, 7) is 9.23. The lowest BCUT2D eigenvalue weighted by Crippen LogP contribution is -2.44. The highest BCUT2D eigenvalue weighted by Crippen LogP contribution is 2.67. The molecule has 16 nitrogen and oxygen atoms in total. The van der Waals surface area contributed by atoms with Crippen LogP contribution in [0.15, 0.2) is 18.5 Å². The number of carbonyl (C=O) groups excluding carboxylic acids is 2. The molecule has 2 aliphatic rings. The maximum Gasteiger partial charge on any atom is 0.342 e. The fourth-order valence-corrected chi connectivity index (χ4v) is 6.75. The molecule has 1 saturated heterocycles. The van der Waals surface area contributed by atoms with E-state index < -0.39 is 73.4 Å². The fraction of sp³-hybridized carbons (Fsp3) is 0.625. The number of fused-ring (bicyclic) bond motifs is 2. The van der Waals surface area contributed by atoms with E-state index >= 15 is 0 Å². The summed E-state index contributed by atoms with van der Waals surface area (Å²) in [5, 5.41) is 41.8. The van der Waals surface area contributed by atoms with Crippen LogP contribution in [0.1, 0.15) is 53.3 Å². The van der Waals surface area contributed by atoms with Gasteiger partial charge in [-0.1, -0.05) is 0 Å². The number of aliphatic hydroxyl groups is 2. The number of nitriles is 1. The number of hydrogen-bond donors (Lipinski definition) is 5. The molecule has 1 unspecified atom stereocenters. The van der Waals surface area contributed by atoms with Crippen molar-refractivity contribution in [1.82, 2.24) is 24.8 Å². The molecule has 41 heavy (non-hydrogen) atoms. The summed E-state index contributed by atoms with van der Waals surface area (Å²) in [6, 6.07) is 2.52. The van der Waals surface area contributed by atoms with Gasteiger partial charge in [-0.3, -0.25) is 18.7 Å². The highest BCUT2D eigenvalue weighted by molar-refractivity contribution is 7.54. The molecule has 1 saturated carbocycles. The first-order chi connectivity index (χ1) is 19.1. The summed E-state index contributed by atoms with van der Waals surface area (Å²) < 4.78 is 37.3. The topological polar surface area (TPSA) is 233 Å². The number of nitrogen functional groups attached to an aromatic ring is 1. The summed E-state index contributed by atoms with van der Waals surface area (Å²) in [5.74, 6) is -1.39. The molecule has 1 aliphatic heterocycles. The maximum atomic E-state index is 14.1. The second kappa shape index (κ2) is 10.9. The van der Waals surface area contributed by atoms with Crippen molar-refractivity contribution in [1.29, 1.82) is 5.26 Å². The van der Waals surface area contributed by atoms with Crippen molar-refractivity contribution in [2.45, 2.75) is 95.3 Å². The fourth-order valence-electron chi connectivity index (χ4n) is 4.72. The van der Waals surface area contributed by atoms with Gasteiger partial charge in [-0.15, -0.1) is 0 Å². The van der Waals surface area contributed by atoms with Crippen LogP contribution in [-0.4, -0.2) is 84.5 Å². The molecule has 2 aromatic heterocycles. The van der Waals surface area contributed by atoms with Crippen molar-refractivity contribution in [3.05, 3.63) is 24.2 Å². The molecule has 7 atom stereocenters. The average molecular weight is 596 g/mol. The summed E-state index contributed by atoms with van der Waals surface area (Å²) >= 11 is 0. The Morgan fingerprint density at radius 3 is 2.20 bits per heavy atom. The minimum absolute atomic E-state index is 0.159. The van der Waals surface area contributed by atoms with Crippen LogP contribution in [0.5, 0.6) is 0 Å². The Hall–Kier alpha value is -3.16. The van der Waals surface area contributed by atoms with E-state index in [1.165, 1.54) is 24.7 Å². The Morgan fingerprint density at radius 1 is 1.15 bits per heavy atom. The average Bonchev–Trinajstić information content (AvgIpc) is 3.13. The van der Waals surface area contributed by atoms with Crippen LogP contribution in [-0.2, 0) is 32.9 Å². The standard InChI is InChI=1S/C24H34N7O9P/c1-11(2)37-20(33)13(5)29-41(36,30-14(6)21(34)38-12(3)4)40-22-23(9-25)24(22,35)18(32)17(39-23)15-7-8-16-19(26)27-10-28-31(15)16/h7-8,10-14,17-18,22,32,35H,1-6H3,(H2,26,27,28)(H2,29,30,36)/t13-,14-,17-,18-,22?,23+,24+/m0/s1. The van der Waals surface area contributed by atoms with Gasteiger partial charge in [-0.25, -0.2) is 19.7 Å². The number of nitrogens with zero attached hydrogens (tertiary/aromatic N) is 4. The third kappa shape index (κ3) is 5.30. The number of esters is 2. The molecule has 0 amide bonds. The monoisotopic (exact) mass is 595 g/mol. The van der Waals surface area contributed by atoms with E-state index in [1.807, 2.05) is 6.07 Å². The van der Waals surface area contributed by atoms with Gasteiger partial charge in [0.1, 0.15) is 48.3 Å². The smallest absolute Gasteiger partial charge is 0.342 e. The van der Waals surface area contributed by atoms with Gasteiger partial charge in [0.05, 0.1) is 17.9 Å². The number of aromatic nitrogens is 3. The van der Waals surface area contributed by atoms with E-state index in [0.717, 1.165) is 0 Å². The molecule has 0 bridgehead atoms. The molecule has 4 rings (SSSR count). The first-order valence-corrected chi connectivity index (χ1v) is 14.5. The summed E-state index contributed by atoms with van der Waals surface area (Å²) in [7, 11) is -4.47. The van der Waals surface area contributed by atoms with E-state index in [2.05, 4.69) is 20.3 Å². The molecule has 2 aromatic rings. The van der Waals surface area contributed by atoms with Gasteiger partial charge >= 0.3 is 19.6 Å². The van der Waals surface area contributed by atoms with E-state index in [1.54, 1.807) is 39.8 Å². The number of rotatable bonds is 11. The molecule has 224 valence electrons. The molecular weight excluding hydrogens is 561 g/mol. The zero-order chi connectivity index (χ0) is 30.5. The van der Waals surface area contributed by atoms with Crippen LogP contribution < -0.4 is 15.9 Å². The number of ether oxygens (including phenoxy) is 3. The van der Waals surface area contributed by atoms with E-state index in [-0.39, 0.29) is 11.5 Å². The van der Waals surface area contributed by atoms with Crippen molar-refractivity contribution in [3.63, 3.8) is 0 Å². The molecule has 17 heteroatoms. The molecule has 3 heterocycles. The highest BCUT2D eigenvalue weighted by atomic mass is 31.2. The van der Waals surface area contributed by atoms with Crippen LogP contribution in [0.25, 0.3) is 5.52 Å². The van der Waals surface area contributed by atoms with Crippen LogP contribution in [0.2, 0.25) is 0 Å². The van der Waals surface area contributed by atoms with E-state index in [9.17, 15) is 29.6 Å². The third-order valence-electron chi connectivity index (χ3n) is 6.69. The van der Waals surface area contributed by atoms with Crippen molar-refractivity contribution in [2.75, 3.05) is 5.73 Å². The van der Waals surface area contributed by atoms with Crippen LogP contribution >= 0.6 is 7.67 Å². The van der Waals surface area contributed by atoms with Gasteiger partial charge in [0.2, 0.25) is 5.60 Å². The Morgan fingerprint density at radius 2 is 1.71 bits per heavy atom. The number of aliphatic hydroxyl groups excluding tert-OH is 1. The first-order valence-electron chi connectivity index (χ1n) is 12.9. The Balaban J connectivity index is 1.61. The van der Waals surface area contributed by atoms with Crippen LogP contribution in [0, 0.1) is 11.3 Å². The van der Waals surface area contributed by atoms with E-state index in [0.29, 0.717) is 5.52 Å².